The molecule has 27 heavy (non-hydrogen) atoms. The van der Waals surface area contributed by atoms with Crippen LogP contribution in [0.1, 0.15) is 69.4 Å². The minimum atomic E-state index is -0.708. The first-order chi connectivity index (χ1) is 13.0. The molecule has 0 spiro atoms. The molecular weight excluding hydrogens is 340 g/mol. The van der Waals surface area contributed by atoms with Gasteiger partial charge in [-0.3, -0.25) is 14.8 Å². The van der Waals surface area contributed by atoms with Crippen LogP contribution in [0, 0.1) is 6.92 Å². The average molecular weight is 375 g/mol. The summed E-state index contributed by atoms with van der Waals surface area (Å²) in [6.07, 6.45) is 13.6. The molecule has 2 amide bonds. The van der Waals surface area contributed by atoms with Crippen LogP contribution < -0.4 is 10.8 Å². The Bertz CT molecular complexity index is 582. The summed E-state index contributed by atoms with van der Waals surface area (Å²) < 4.78 is 0. The summed E-state index contributed by atoms with van der Waals surface area (Å²) >= 11 is 0. The number of hydrogen-bond donors (Lipinski definition) is 3. The maximum Gasteiger partial charge on any atom is 0.265 e. The maximum atomic E-state index is 11.6. The van der Waals surface area contributed by atoms with E-state index in [1.807, 2.05) is 0 Å². The van der Waals surface area contributed by atoms with Gasteiger partial charge in [-0.2, -0.15) is 0 Å². The molecule has 150 valence electrons. The molecule has 0 saturated heterocycles. The Hall–Kier alpha value is -2.14. The minimum absolute atomic E-state index is 0.150. The minimum Gasteiger partial charge on any atom is -0.345 e. The lowest BCUT2D eigenvalue weighted by Gasteiger charge is -2.11. The highest BCUT2D eigenvalue weighted by Crippen LogP contribution is 2.09. The van der Waals surface area contributed by atoms with Gasteiger partial charge in [-0.05, 0) is 51.5 Å². The van der Waals surface area contributed by atoms with E-state index in [2.05, 4.69) is 48.7 Å². The van der Waals surface area contributed by atoms with Crippen LogP contribution in [0.25, 0.3) is 0 Å². The Morgan fingerprint density at radius 1 is 1.00 bits per heavy atom. The van der Waals surface area contributed by atoms with E-state index >= 15 is 0 Å². The van der Waals surface area contributed by atoms with E-state index in [-0.39, 0.29) is 5.91 Å². The van der Waals surface area contributed by atoms with Crippen molar-refractivity contribution in [1.29, 1.82) is 0 Å². The first-order valence-electron chi connectivity index (χ1n) is 9.96. The Morgan fingerprint density at radius 2 is 1.63 bits per heavy atom. The number of hydroxylamine groups is 1. The van der Waals surface area contributed by atoms with Gasteiger partial charge in [0.15, 0.2) is 0 Å². The highest BCUT2D eigenvalue weighted by atomic mass is 16.5. The van der Waals surface area contributed by atoms with Crippen LogP contribution in [0.4, 0.5) is 0 Å². The lowest BCUT2D eigenvalue weighted by atomic mass is 10.1. The number of rotatable bonds is 13. The normalized spacial score (nSPS) is 12.1. The van der Waals surface area contributed by atoms with Crippen LogP contribution in [0.5, 0.6) is 0 Å². The first kappa shape index (κ1) is 22.9. The highest BCUT2D eigenvalue weighted by molar-refractivity contribution is 5.86. The predicted molar refractivity (Wildman–Crippen MR) is 108 cm³/mol. The van der Waals surface area contributed by atoms with Crippen molar-refractivity contribution in [1.82, 2.24) is 10.8 Å². The summed E-state index contributed by atoms with van der Waals surface area (Å²) in [6.45, 7) is 3.65. The monoisotopic (exact) mass is 374 g/mol. The molecular formula is C22H34N2O3. The molecule has 3 N–H and O–H groups in total. The van der Waals surface area contributed by atoms with Gasteiger partial charge >= 0.3 is 0 Å². The molecule has 1 aromatic rings. The van der Waals surface area contributed by atoms with Crippen LogP contribution in [-0.2, 0) is 16.0 Å². The van der Waals surface area contributed by atoms with Gasteiger partial charge in [0.25, 0.3) is 5.91 Å². The Labute approximate surface area is 163 Å². The summed E-state index contributed by atoms with van der Waals surface area (Å²) in [5.41, 5.74) is 4.22. The Morgan fingerprint density at radius 3 is 2.33 bits per heavy atom. The lowest BCUT2D eigenvalue weighted by molar-refractivity contribution is -0.134. The number of nitrogens with one attached hydrogen (secondary N) is 2. The SMILES string of the molecule is Cc1ccc(CC/C=C/CCCCCCCC(=O)NC(C)C(=O)NO)cc1. The van der Waals surface area contributed by atoms with Crippen molar-refractivity contribution >= 4 is 11.8 Å². The largest absolute Gasteiger partial charge is 0.345 e. The van der Waals surface area contributed by atoms with Crippen molar-refractivity contribution in [3.05, 3.63) is 47.5 Å². The summed E-state index contributed by atoms with van der Waals surface area (Å²) in [5, 5.41) is 11.0. The highest BCUT2D eigenvalue weighted by Gasteiger charge is 2.13. The van der Waals surface area contributed by atoms with Gasteiger partial charge in [-0.15, -0.1) is 0 Å². The van der Waals surface area contributed by atoms with Crippen molar-refractivity contribution in [2.75, 3.05) is 0 Å². The second-order valence-electron chi connectivity index (χ2n) is 7.07. The fourth-order valence-electron chi connectivity index (χ4n) is 2.79. The number of hydrogen-bond acceptors (Lipinski definition) is 3. The molecule has 0 bridgehead atoms. The molecule has 1 unspecified atom stereocenters. The third-order valence-corrected chi connectivity index (χ3v) is 4.54. The van der Waals surface area contributed by atoms with Gasteiger partial charge in [-0.25, -0.2) is 5.48 Å². The molecule has 0 aliphatic rings. The van der Waals surface area contributed by atoms with Gasteiger partial charge in [0.05, 0.1) is 0 Å². The van der Waals surface area contributed by atoms with E-state index in [1.165, 1.54) is 36.4 Å². The number of unbranched alkanes of at least 4 members (excludes halogenated alkanes) is 5. The molecule has 5 nitrogen and oxygen atoms in total. The zero-order chi connectivity index (χ0) is 19.9. The van der Waals surface area contributed by atoms with Gasteiger partial charge in [-0.1, -0.05) is 61.2 Å². The number of amides is 2. The number of benzene rings is 1. The quantitative estimate of drug-likeness (QED) is 0.209. The van der Waals surface area contributed by atoms with Crippen molar-refractivity contribution < 1.29 is 14.8 Å². The van der Waals surface area contributed by atoms with Crippen LogP contribution in [-0.4, -0.2) is 23.1 Å². The van der Waals surface area contributed by atoms with E-state index in [0.717, 1.165) is 38.5 Å². The Balaban J connectivity index is 1.94. The van der Waals surface area contributed by atoms with Gasteiger partial charge in [0, 0.05) is 6.42 Å². The summed E-state index contributed by atoms with van der Waals surface area (Å²) in [6, 6.07) is 8.02. The zero-order valence-corrected chi connectivity index (χ0v) is 16.7. The molecule has 0 saturated carbocycles. The van der Waals surface area contributed by atoms with E-state index in [4.69, 9.17) is 5.21 Å². The maximum absolute atomic E-state index is 11.6. The molecule has 0 aliphatic carbocycles. The summed E-state index contributed by atoms with van der Waals surface area (Å²) in [4.78, 5) is 22.7. The van der Waals surface area contributed by atoms with E-state index in [0.29, 0.717) is 6.42 Å². The average Bonchev–Trinajstić information content (AvgIpc) is 2.66. The second kappa shape index (κ2) is 14.0. The first-order valence-corrected chi connectivity index (χ1v) is 9.96. The topological polar surface area (TPSA) is 78.4 Å². The van der Waals surface area contributed by atoms with Crippen molar-refractivity contribution in [2.24, 2.45) is 0 Å². The second-order valence-corrected chi connectivity index (χ2v) is 7.07. The molecule has 0 aromatic heterocycles. The van der Waals surface area contributed by atoms with Crippen molar-refractivity contribution in [3.8, 4) is 0 Å². The van der Waals surface area contributed by atoms with E-state index in [1.54, 1.807) is 0 Å². The molecule has 0 heterocycles. The van der Waals surface area contributed by atoms with Gasteiger partial charge in [0.1, 0.15) is 6.04 Å². The van der Waals surface area contributed by atoms with Crippen LogP contribution in [0.15, 0.2) is 36.4 Å². The van der Waals surface area contributed by atoms with E-state index in [9.17, 15) is 9.59 Å². The smallest absolute Gasteiger partial charge is 0.265 e. The zero-order valence-electron chi connectivity index (χ0n) is 16.7. The standard InChI is InChI=1S/C22H34N2O3/c1-18-14-16-20(17-15-18)12-10-8-6-4-3-5-7-9-11-13-21(25)23-19(2)22(26)24-27/h6,8,14-17,19,27H,3-5,7,9-13H2,1-2H3,(H,23,25)(H,24,26)/b8-6+. The number of allylic oxidation sites excluding steroid dienone is 2. The van der Waals surface area contributed by atoms with Crippen molar-refractivity contribution in [3.63, 3.8) is 0 Å². The predicted octanol–water partition coefficient (Wildman–Crippen LogP) is 4.22. The Kier molecular flexibility index (Phi) is 11.9. The molecule has 1 atom stereocenters. The lowest BCUT2D eigenvalue weighted by Crippen LogP contribution is -2.43. The summed E-state index contributed by atoms with van der Waals surface area (Å²) in [7, 11) is 0. The fraction of sp³-hybridized carbons (Fsp3) is 0.545. The molecule has 0 fully saturated rings. The fourth-order valence-corrected chi connectivity index (χ4v) is 2.79. The third kappa shape index (κ3) is 11.2. The molecule has 0 radical (unpaired) electrons. The van der Waals surface area contributed by atoms with Crippen LogP contribution in [0.3, 0.4) is 0 Å². The molecule has 5 heteroatoms. The molecule has 0 aliphatic heterocycles. The molecule has 1 rings (SSSR count). The van der Waals surface area contributed by atoms with Gasteiger partial charge in [0.2, 0.25) is 5.91 Å². The van der Waals surface area contributed by atoms with Crippen LogP contribution in [0.2, 0.25) is 0 Å². The number of aryl methyl sites for hydroxylation is 2. The third-order valence-electron chi connectivity index (χ3n) is 4.54. The molecule has 1 aromatic carbocycles. The summed E-state index contributed by atoms with van der Waals surface area (Å²) in [5.74, 6) is -0.752. The van der Waals surface area contributed by atoms with Crippen LogP contribution >= 0.6 is 0 Å². The van der Waals surface area contributed by atoms with Crippen molar-refractivity contribution in [2.45, 2.75) is 77.7 Å². The van der Waals surface area contributed by atoms with Gasteiger partial charge < -0.3 is 5.32 Å². The number of carbonyl (C=O) groups excluding carboxylic acids is 2. The van der Waals surface area contributed by atoms with E-state index < -0.39 is 11.9 Å². The number of carbonyl (C=O) groups is 2.